The molecule has 0 saturated carbocycles. The Morgan fingerprint density at radius 1 is 1.15 bits per heavy atom. The number of ether oxygens (including phenoxy) is 1. The van der Waals surface area contributed by atoms with Gasteiger partial charge in [-0.15, -0.1) is 0 Å². The summed E-state index contributed by atoms with van der Waals surface area (Å²) < 4.78 is 5.33. The number of fused-ring (bicyclic) bond motifs is 1. The second-order valence-corrected chi connectivity index (χ2v) is 7.50. The van der Waals surface area contributed by atoms with E-state index >= 15 is 0 Å². The maximum Gasteiger partial charge on any atom is 0.119 e. The molecule has 0 aliphatic carbocycles. The molecule has 2 aromatic carbocycles. The average Bonchev–Trinajstić information content (AvgIpc) is 2.69. The summed E-state index contributed by atoms with van der Waals surface area (Å²) >= 11 is 6.09. The normalized spacial score (nSPS) is 15.8. The lowest BCUT2D eigenvalue weighted by atomic mass is 10.0. The predicted octanol–water partition coefficient (Wildman–Crippen LogP) is 4.97. The molecule has 1 N–H and O–H groups in total. The first kappa shape index (κ1) is 18.1. The molecule has 1 aliphatic heterocycles. The zero-order chi connectivity index (χ0) is 18.6. The first-order chi connectivity index (χ1) is 13.2. The molecule has 0 atom stereocenters. The number of piperidine rings is 1. The topological polar surface area (TPSA) is 37.4 Å². The Labute approximate surface area is 165 Å². The summed E-state index contributed by atoms with van der Waals surface area (Å²) in [5, 5.41) is 5.56. The molecule has 4 rings (SSSR count). The van der Waals surface area contributed by atoms with Crippen LogP contribution >= 0.6 is 11.6 Å². The van der Waals surface area contributed by atoms with Crippen LogP contribution in [0.1, 0.15) is 18.4 Å². The lowest BCUT2D eigenvalue weighted by molar-refractivity contribution is 0.211. The first-order valence-corrected chi connectivity index (χ1v) is 9.75. The van der Waals surface area contributed by atoms with Gasteiger partial charge in [-0.1, -0.05) is 23.7 Å². The zero-order valence-corrected chi connectivity index (χ0v) is 16.2. The third-order valence-electron chi connectivity index (χ3n) is 5.19. The molecule has 2 heterocycles. The Balaban J connectivity index is 1.37. The highest BCUT2D eigenvalue weighted by Crippen LogP contribution is 2.27. The van der Waals surface area contributed by atoms with E-state index in [0.29, 0.717) is 6.04 Å². The number of pyridine rings is 1. The smallest absolute Gasteiger partial charge is 0.119 e. The second kappa shape index (κ2) is 8.15. The van der Waals surface area contributed by atoms with Crippen LogP contribution in [0, 0.1) is 0 Å². The van der Waals surface area contributed by atoms with Crippen LogP contribution in [0.4, 0.5) is 5.69 Å². The standard InChI is InChI=1S/C22H24ClN3O/c1-27-19-4-2-3-16(13-19)15-26-11-8-18(9-12-26)25-21-7-10-24-22-14-17(23)5-6-20(21)22/h2-7,10,13-14,18H,8-9,11-12,15H2,1H3,(H,24,25). The van der Waals surface area contributed by atoms with Gasteiger partial charge in [-0.05, 0) is 54.8 Å². The van der Waals surface area contributed by atoms with E-state index in [-0.39, 0.29) is 0 Å². The molecule has 1 saturated heterocycles. The molecule has 3 aromatic rings. The van der Waals surface area contributed by atoms with E-state index in [9.17, 15) is 0 Å². The van der Waals surface area contributed by atoms with Gasteiger partial charge in [0, 0.05) is 48.0 Å². The molecule has 140 valence electrons. The minimum atomic E-state index is 0.479. The Morgan fingerprint density at radius 2 is 2.00 bits per heavy atom. The van der Waals surface area contributed by atoms with Crippen LogP contribution in [0.25, 0.3) is 10.9 Å². The second-order valence-electron chi connectivity index (χ2n) is 7.07. The number of anilines is 1. The molecule has 0 bridgehead atoms. The van der Waals surface area contributed by atoms with Crippen LogP contribution in [0.5, 0.6) is 5.75 Å². The van der Waals surface area contributed by atoms with E-state index in [0.717, 1.165) is 59.8 Å². The van der Waals surface area contributed by atoms with E-state index in [1.807, 2.05) is 30.5 Å². The van der Waals surface area contributed by atoms with E-state index in [1.54, 1.807) is 7.11 Å². The lowest BCUT2D eigenvalue weighted by Crippen LogP contribution is -2.38. The quantitative estimate of drug-likeness (QED) is 0.676. The maximum absolute atomic E-state index is 6.09. The molecule has 1 aliphatic rings. The number of benzene rings is 2. The summed E-state index contributed by atoms with van der Waals surface area (Å²) in [4.78, 5) is 6.94. The third kappa shape index (κ3) is 4.34. The van der Waals surface area contributed by atoms with Crippen molar-refractivity contribution < 1.29 is 4.74 Å². The fraction of sp³-hybridized carbons (Fsp3) is 0.318. The highest BCUT2D eigenvalue weighted by Gasteiger charge is 2.20. The number of methoxy groups -OCH3 is 1. The van der Waals surface area contributed by atoms with Gasteiger partial charge in [0.15, 0.2) is 0 Å². The number of likely N-dealkylation sites (tertiary alicyclic amines) is 1. The number of rotatable bonds is 5. The molecule has 0 radical (unpaired) electrons. The number of hydrogen-bond acceptors (Lipinski definition) is 4. The van der Waals surface area contributed by atoms with Gasteiger partial charge in [0.25, 0.3) is 0 Å². The van der Waals surface area contributed by atoms with Crippen molar-refractivity contribution in [1.29, 1.82) is 0 Å². The third-order valence-corrected chi connectivity index (χ3v) is 5.43. The van der Waals surface area contributed by atoms with E-state index in [2.05, 4.69) is 39.5 Å². The number of halogens is 1. The van der Waals surface area contributed by atoms with Gasteiger partial charge in [-0.25, -0.2) is 0 Å². The summed E-state index contributed by atoms with van der Waals surface area (Å²) in [5.74, 6) is 0.925. The molecule has 27 heavy (non-hydrogen) atoms. The van der Waals surface area contributed by atoms with Gasteiger partial charge in [0.1, 0.15) is 5.75 Å². The minimum Gasteiger partial charge on any atom is -0.497 e. The van der Waals surface area contributed by atoms with Crippen LogP contribution in [0.15, 0.2) is 54.7 Å². The van der Waals surface area contributed by atoms with Crippen LogP contribution in [-0.2, 0) is 6.54 Å². The molecule has 0 unspecified atom stereocenters. The lowest BCUT2D eigenvalue weighted by Gasteiger charge is -2.33. The summed E-state index contributed by atoms with van der Waals surface area (Å²) in [6, 6.07) is 16.8. The van der Waals surface area contributed by atoms with Crippen molar-refractivity contribution in [3.05, 3.63) is 65.3 Å². The van der Waals surface area contributed by atoms with Gasteiger partial charge in [0.2, 0.25) is 0 Å². The predicted molar refractivity (Wildman–Crippen MR) is 112 cm³/mol. The van der Waals surface area contributed by atoms with Crippen LogP contribution in [0.2, 0.25) is 5.02 Å². The van der Waals surface area contributed by atoms with Gasteiger partial charge < -0.3 is 10.1 Å². The fourth-order valence-corrected chi connectivity index (χ4v) is 3.90. The highest BCUT2D eigenvalue weighted by atomic mass is 35.5. The molecule has 1 fully saturated rings. The Kier molecular flexibility index (Phi) is 5.46. The number of hydrogen-bond donors (Lipinski definition) is 1. The summed E-state index contributed by atoms with van der Waals surface area (Å²) in [7, 11) is 1.72. The average molecular weight is 382 g/mol. The summed E-state index contributed by atoms with van der Waals surface area (Å²) in [6.07, 6.45) is 4.10. The van der Waals surface area contributed by atoms with Crippen molar-refractivity contribution in [2.45, 2.75) is 25.4 Å². The SMILES string of the molecule is COc1cccc(CN2CCC(Nc3ccnc4cc(Cl)ccc34)CC2)c1. The number of nitrogens with one attached hydrogen (secondary N) is 1. The van der Waals surface area contributed by atoms with Crippen molar-refractivity contribution in [2.24, 2.45) is 0 Å². The van der Waals surface area contributed by atoms with E-state index < -0.39 is 0 Å². The molecular weight excluding hydrogens is 358 g/mol. The van der Waals surface area contributed by atoms with E-state index in [4.69, 9.17) is 16.3 Å². The van der Waals surface area contributed by atoms with Crippen molar-refractivity contribution >= 4 is 28.2 Å². The molecule has 5 heteroatoms. The van der Waals surface area contributed by atoms with Crippen molar-refractivity contribution in [3.63, 3.8) is 0 Å². The summed E-state index contributed by atoms with van der Waals surface area (Å²) in [5.41, 5.74) is 3.38. The minimum absolute atomic E-state index is 0.479. The number of aromatic nitrogens is 1. The largest absolute Gasteiger partial charge is 0.497 e. The van der Waals surface area contributed by atoms with Gasteiger partial charge in [-0.2, -0.15) is 0 Å². The molecule has 4 nitrogen and oxygen atoms in total. The van der Waals surface area contributed by atoms with Gasteiger partial charge in [0.05, 0.1) is 12.6 Å². The molecule has 0 amide bonds. The highest BCUT2D eigenvalue weighted by molar-refractivity contribution is 6.31. The Bertz CT molecular complexity index is 922. The van der Waals surface area contributed by atoms with Crippen LogP contribution in [-0.4, -0.2) is 36.1 Å². The first-order valence-electron chi connectivity index (χ1n) is 9.37. The number of nitrogens with zero attached hydrogens (tertiary/aromatic N) is 2. The van der Waals surface area contributed by atoms with Crippen molar-refractivity contribution in [3.8, 4) is 5.75 Å². The monoisotopic (exact) mass is 381 g/mol. The van der Waals surface area contributed by atoms with Gasteiger partial charge >= 0.3 is 0 Å². The molecule has 1 aromatic heterocycles. The Morgan fingerprint density at radius 3 is 2.81 bits per heavy atom. The Hall–Kier alpha value is -2.30. The molecule has 0 spiro atoms. The van der Waals surface area contributed by atoms with E-state index in [1.165, 1.54) is 5.56 Å². The van der Waals surface area contributed by atoms with Crippen molar-refractivity contribution in [1.82, 2.24) is 9.88 Å². The van der Waals surface area contributed by atoms with Crippen molar-refractivity contribution in [2.75, 3.05) is 25.5 Å². The fourth-order valence-electron chi connectivity index (χ4n) is 3.73. The van der Waals surface area contributed by atoms with Gasteiger partial charge in [-0.3, -0.25) is 9.88 Å². The zero-order valence-electron chi connectivity index (χ0n) is 15.5. The summed E-state index contributed by atoms with van der Waals surface area (Å²) in [6.45, 7) is 3.15. The maximum atomic E-state index is 6.09. The van der Waals surface area contributed by atoms with Crippen LogP contribution < -0.4 is 10.1 Å². The van der Waals surface area contributed by atoms with Crippen LogP contribution in [0.3, 0.4) is 0 Å². The molecular formula is C22H24ClN3O.